The van der Waals surface area contributed by atoms with Gasteiger partial charge in [0.25, 0.3) is 0 Å². The van der Waals surface area contributed by atoms with Crippen molar-refractivity contribution in [2.45, 2.75) is 25.4 Å². The Morgan fingerprint density at radius 1 is 1.54 bits per heavy atom. The van der Waals surface area contributed by atoms with Gasteiger partial charge in [-0.05, 0) is 31.4 Å². The molecule has 0 radical (unpaired) electrons. The van der Waals surface area contributed by atoms with E-state index < -0.39 is 5.60 Å². The summed E-state index contributed by atoms with van der Waals surface area (Å²) < 4.78 is 0. The van der Waals surface area contributed by atoms with Gasteiger partial charge in [0, 0.05) is 18.0 Å². The van der Waals surface area contributed by atoms with Crippen LogP contribution >= 0.6 is 0 Å². The summed E-state index contributed by atoms with van der Waals surface area (Å²) >= 11 is 0. The van der Waals surface area contributed by atoms with Crippen LogP contribution in [0.25, 0.3) is 0 Å². The van der Waals surface area contributed by atoms with E-state index >= 15 is 0 Å². The first kappa shape index (κ1) is 8.28. The van der Waals surface area contributed by atoms with E-state index in [1.807, 2.05) is 13.0 Å². The molecule has 1 aliphatic rings. The SMILES string of the molecule is Cc1ccncc1C#CC1(O)CC1. The molecule has 1 saturated carbocycles. The Balaban J connectivity index is 2.25. The number of aromatic nitrogens is 1. The molecule has 13 heavy (non-hydrogen) atoms. The second kappa shape index (κ2) is 2.86. The maximum absolute atomic E-state index is 9.49. The maximum Gasteiger partial charge on any atom is 0.126 e. The number of rotatable bonds is 0. The van der Waals surface area contributed by atoms with Crippen molar-refractivity contribution in [3.8, 4) is 11.8 Å². The molecule has 0 saturated heterocycles. The molecule has 0 unspecified atom stereocenters. The molecule has 1 heterocycles. The average Bonchev–Trinajstić information content (AvgIpc) is 2.83. The predicted molar refractivity (Wildman–Crippen MR) is 50.0 cm³/mol. The summed E-state index contributed by atoms with van der Waals surface area (Å²) in [5.74, 6) is 5.81. The van der Waals surface area contributed by atoms with Gasteiger partial charge >= 0.3 is 0 Å². The Labute approximate surface area is 77.6 Å². The molecule has 0 aromatic carbocycles. The summed E-state index contributed by atoms with van der Waals surface area (Å²) in [5, 5.41) is 9.49. The summed E-state index contributed by atoms with van der Waals surface area (Å²) in [6.07, 6.45) is 5.08. The van der Waals surface area contributed by atoms with Gasteiger partial charge in [0.05, 0.1) is 0 Å². The molecular formula is C11H11NO. The van der Waals surface area contributed by atoms with Gasteiger partial charge < -0.3 is 5.11 Å². The van der Waals surface area contributed by atoms with Gasteiger partial charge in [-0.2, -0.15) is 0 Å². The number of hydrogen-bond acceptors (Lipinski definition) is 2. The van der Waals surface area contributed by atoms with Crippen molar-refractivity contribution in [1.82, 2.24) is 4.98 Å². The Bertz CT molecular complexity index is 383. The van der Waals surface area contributed by atoms with Crippen LogP contribution in [0.5, 0.6) is 0 Å². The molecular weight excluding hydrogens is 162 g/mol. The molecule has 0 atom stereocenters. The second-order valence-electron chi connectivity index (χ2n) is 3.47. The van der Waals surface area contributed by atoms with Crippen LogP contribution in [0.1, 0.15) is 24.0 Å². The van der Waals surface area contributed by atoms with Crippen LogP contribution in [0.15, 0.2) is 18.5 Å². The molecule has 1 N–H and O–H groups in total. The molecule has 2 nitrogen and oxygen atoms in total. The first-order valence-electron chi connectivity index (χ1n) is 4.36. The average molecular weight is 173 g/mol. The third kappa shape index (κ3) is 1.88. The number of aryl methyl sites for hydroxylation is 1. The molecule has 2 heteroatoms. The molecule has 0 aliphatic heterocycles. The summed E-state index contributed by atoms with van der Waals surface area (Å²) in [7, 11) is 0. The smallest absolute Gasteiger partial charge is 0.126 e. The lowest BCUT2D eigenvalue weighted by Crippen LogP contribution is -2.00. The summed E-state index contributed by atoms with van der Waals surface area (Å²) in [5.41, 5.74) is 1.32. The molecule has 1 fully saturated rings. The molecule has 1 aromatic rings. The number of pyridine rings is 1. The monoisotopic (exact) mass is 173 g/mol. The highest BCUT2D eigenvalue weighted by Crippen LogP contribution is 2.33. The van der Waals surface area contributed by atoms with Crippen LogP contribution in [-0.2, 0) is 0 Å². The molecule has 1 aromatic heterocycles. The third-order valence-corrected chi connectivity index (χ3v) is 2.19. The summed E-state index contributed by atoms with van der Waals surface area (Å²) in [4.78, 5) is 3.98. The zero-order valence-electron chi connectivity index (χ0n) is 7.54. The fourth-order valence-electron chi connectivity index (χ4n) is 1.02. The number of nitrogens with zero attached hydrogens (tertiary/aromatic N) is 1. The van der Waals surface area contributed by atoms with Crippen molar-refractivity contribution >= 4 is 0 Å². The Hall–Kier alpha value is -1.33. The van der Waals surface area contributed by atoms with Gasteiger partial charge in [0.2, 0.25) is 0 Å². The molecule has 0 amide bonds. The van der Waals surface area contributed by atoms with Gasteiger partial charge in [-0.1, -0.05) is 11.8 Å². The van der Waals surface area contributed by atoms with E-state index in [4.69, 9.17) is 0 Å². The van der Waals surface area contributed by atoms with Crippen LogP contribution in [-0.4, -0.2) is 15.7 Å². The van der Waals surface area contributed by atoms with Gasteiger partial charge in [0.1, 0.15) is 5.60 Å². The molecule has 0 bridgehead atoms. The van der Waals surface area contributed by atoms with E-state index in [1.54, 1.807) is 12.4 Å². The van der Waals surface area contributed by atoms with Crippen molar-refractivity contribution in [3.63, 3.8) is 0 Å². The third-order valence-electron chi connectivity index (χ3n) is 2.19. The van der Waals surface area contributed by atoms with Crippen molar-refractivity contribution in [1.29, 1.82) is 0 Å². The van der Waals surface area contributed by atoms with Crippen LogP contribution in [0.4, 0.5) is 0 Å². The van der Waals surface area contributed by atoms with E-state index in [1.165, 1.54) is 0 Å². The minimum absolute atomic E-state index is 0.692. The lowest BCUT2D eigenvalue weighted by molar-refractivity contribution is 0.212. The van der Waals surface area contributed by atoms with Crippen LogP contribution in [0.2, 0.25) is 0 Å². The largest absolute Gasteiger partial charge is 0.378 e. The molecule has 66 valence electrons. The zero-order chi connectivity index (χ0) is 9.31. The fourth-order valence-corrected chi connectivity index (χ4v) is 1.02. The van der Waals surface area contributed by atoms with Crippen molar-refractivity contribution < 1.29 is 5.11 Å². The van der Waals surface area contributed by atoms with Gasteiger partial charge in [-0.15, -0.1) is 0 Å². The quantitative estimate of drug-likeness (QED) is 0.599. The highest BCUT2D eigenvalue weighted by molar-refractivity contribution is 5.41. The molecule has 2 rings (SSSR count). The van der Waals surface area contributed by atoms with Crippen LogP contribution in [0.3, 0.4) is 0 Å². The first-order valence-corrected chi connectivity index (χ1v) is 4.36. The van der Waals surface area contributed by atoms with Crippen molar-refractivity contribution in [3.05, 3.63) is 29.6 Å². The maximum atomic E-state index is 9.49. The molecule has 0 spiro atoms. The highest BCUT2D eigenvalue weighted by atomic mass is 16.3. The lowest BCUT2D eigenvalue weighted by atomic mass is 10.1. The standard InChI is InChI=1S/C11H11NO/c1-9-3-7-12-8-10(9)2-4-11(13)5-6-11/h3,7-8,13H,5-6H2,1H3. The topological polar surface area (TPSA) is 33.1 Å². The lowest BCUT2D eigenvalue weighted by Gasteiger charge is -1.96. The van der Waals surface area contributed by atoms with Crippen LogP contribution in [0, 0.1) is 18.8 Å². The minimum Gasteiger partial charge on any atom is -0.378 e. The summed E-state index contributed by atoms with van der Waals surface area (Å²) in [6.45, 7) is 1.99. The number of aliphatic hydroxyl groups is 1. The van der Waals surface area contributed by atoms with Gasteiger partial charge in [-0.3, -0.25) is 4.98 Å². The van der Waals surface area contributed by atoms with Crippen molar-refractivity contribution in [2.75, 3.05) is 0 Å². The normalized spacial score (nSPS) is 17.4. The highest BCUT2D eigenvalue weighted by Gasteiger charge is 2.38. The zero-order valence-corrected chi connectivity index (χ0v) is 7.54. The van der Waals surface area contributed by atoms with E-state index in [0.29, 0.717) is 0 Å². The van der Waals surface area contributed by atoms with Crippen LogP contribution < -0.4 is 0 Å². The Morgan fingerprint density at radius 3 is 2.92 bits per heavy atom. The van der Waals surface area contributed by atoms with E-state index in [-0.39, 0.29) is 0 Å². The van der Waals surface area contributed by atoms with Gasteiger partial charge in [-0.25, -0.2) is 0 Å². The molecule has 1 aliphatic carbocycles. The number of hydrogen-bond donors (Lipinski definition) is 1. The Kier molecular flexibility index (Phi) is 1.82. The first-order chi connectivity index (χ1) is 6.20. The fraction of sp³-hybridized carbons (Fsp3) is 0.364. The summed E-state index contributed by atoms with van der Waals surface area (Å²) in [6, 6.07) is 1.92. The predicted octanol–water partition coefficient (Wildman–Crippen LogP) is 1.27. The Morgan fingerprint density at radius 2 is 2.31 bits per heavy atom. The van der Waals surface area contributed by atoms with E-state index in [0.717, 1.165) is 24.0 Å². The second-order valence-corrected chi connectivity index (χ2v) is 3.47. The van der Waals surface area contributed by atoms with E-state index in [9.17, 15) is 5.11 Å². The minimum atomic E-state index is -0.692. The van der Waals surface area contributed by atoms with E-state index in [2.05, 4.69) is 16.8 Å². The van der Waals surface area contributed by atoms with Crippen molar-refractivity contribution in [2.24, 2.45) is 0 Å². The van der Waals surface area contributed by atoms with Gasteiger partial charge in [0.15, 0.2) is 0 Å².